The van der Waals surface area contributed by atoms with Gasteiger partial charge in [0.05, 0.1) is 34.2 Å². The molecule has 0 bridgehead atoms. The number of non-ortho nitro benzene ring substituents is 1. The number of rotatable bonds is 6. The molecule has 1 aromatic carbocycles. The van der Waals surface area contributed by atoms with Crippen molar-refractivity contribution in [2.24, 2.45) is 0 Å². The largest absolute Gasteiger partial charge is 0.460 e. The molecule has 1 aliphatic rings. The van der Waals surface area contributed by atoms with Gasteiger partial charge in [-0.25, -0.2) is 9.59 Å². The molecule has 0 fully saturated rings. The lowest BCUT2D eigenvalue weighted by Gasteiger charge is -2.31. The molecule has 8 nitrogen and oxygen atoms in total. The molecule has 29 heavy (non-hydrogen) atoms. The van der Waals surface area contributed by atoms with Crippen molar-refractivity contribution in [1.29, 1.82) is 0 Å². The van der Waals surface area contributed by atoms with Crippen molar-refractivity contribution < 1.29 is 24.0 Å². The van der Waals surface area contributed by atoms with Crippen LogP contribution in [0.4, 0.5) is 5.69 Å². The van der Waals surface area contributed by atoms with E-state index < -0.39 is 22.8 Å². The summed E-state index contributed by atoms with van der Waals surface area (Å²) in [5.41, 5.74) is 1.79. The van der Waals surface area contributed by atoms with Crippen molar-refractivity contribution in [3.05, 3.63) is 62.5 Å². The Labute approximate surface area is 169 Å². The number of allylic oxidation sites excluding steroid dienone is 2. The maximum Gasteiger partial charge on any atom is 0.337 e. The lowest BCUT2D eigenvalue weighted by atomic mass is 9.80. The highest BCUT2D eigenvalue weighted by Crippen LogP contribution is 2.40. The molecular weight excluding hydrogens is 376 g/mol. The summed E-state index contributed by atoms with van der Waals surface area (Å²) in [5, 5.41) is 14.3. The molecule has 8 heteroatoms. The van der Waals surface area contributed by atoms with E-state index in [-0.39, 0.29) is 29.0 Å². The first-order chi connectivity index (χ1) is 13.5. The molecule has 2 rings (SSSR count). The molecular formula is C21H26N2O6. The average Bonchev–Trinajstić information content (AvgIpc) is 2.59. The minimum absolute atomic E-state index is 0.135. The third-order valence-electron chi connectivity index (χ3n) is 4.30. The molecule has 0 aromatic heterocycles. The van der Waals surface area contributed by atoms with Crippen LogP contribution >= 0.6 is 0 Å². The fourth-order valence-electron chi connectivity index (χ4n) is 3.24. The second-order valence-corrected chi connectivity index (χ2v) is 7.40. The monoisotopic (exact) mass is 402 g/mol. The highest BCUT2D eigenvalue weighted by atomic mass is 16.6. The van der Waals surface area contributed by atoms with Crippen LogP contribution in [0.2, 0.25) is 0 Å². The Balaban J connectivity index is 2.68. The zero-order valence-corrected chi connectivity index (χ0v) is 17.4. The minimum atomic E-state index is -0.853. The number of nitrogens with one attached hydrogen (secondary N) is 1. The highest BCUT2D eigenvalue weighted by molar-refractivity contribution is 6.00. The summed E-state index contributed by atoms with van der Waals surface area (Å²) in [4.78, 5) is 36.5. The lowest BCUT2D eigenvalue weighted by molar-refractivity contribution is -0.384. The van der Waals surface area contributed by atoms with E-state index in [1.54, 1.807) is 47.6 Å². The van der Waals surface area contributed by atoms with Crippen molar-refractivity contribution in [3.8, 4) is 0 Å². The Kier molecular flexibility index (Phi) is 6.79. The molecule has 0 aliphatic carbocycles. The van der Waals surface area contributed by atoms with Gasteiger partial charge in [0, 0.05) is 23.5 Å². The maximum atomic E-state index is 12.9. The molecule has 0 saturated carbocycles. The van der Waals surface area contributed by atoms with Gasteiger partial charge >= 0.3 is 11.9 Å². The lowest BCUT2D eigenvalue weighted by Crippen LogP contribution is -2.33. The van der Waals surface area contributed by atoms with Gasteiger partial charge in [-0.05, 0) is 47.1 Å². The van der Waals surface area contributed by atoms with E-state index in [0.29, 0.717) is 17.0 Å². The number of nitro groups is 1. The normalized spacial score (nSPS) is 14.9. The predicted molar refractivity (Wildman–Crippen MR) is 107 cm³/mol. The number of nitrogens with zero attached hydrogens (tertiary/aromatic N) is 1. The number of nitro benzene ring substituents is 1. The first-order valence-corrected chi connectivity index (χ1v) is 9.37. The van der Waals surface area contributed by atoms with Gasteiger partial charge < -0.3 is 14.8 Å². The molecule has 1 aromatic rings. The number of carbonyl (C=O) groups is 2. The molecule has 156 valence electrons. The summed E-state index contributed by atoms with van der Waals surface area (Å²) < 4.78 is 10.8. The Bertz CT molecular complexity index is 854. The topological polar surface area (TPSA) is 108 Å². The van der Waals surface area contributed by atoms with Crippen molar-refractivity contribution >= 4 is 17.6 Å². The van der Waals surface area contributed by atoms with Crippen LogP contribution in [-0.4, -0.2) is 29.1 Å². The van der Waals surface area contributed by atoms with Crippen molar-refractivity contribution in [2.45, 2.75) is 59.7 Å². The molecule has 0 radical (unpaired) electrons. The van der Waals surface area contributed by atoms with Gasteiger partial charge in [0.25, 0.3) is 5.69 Å². The zero-order chi connectivity index (χ0) is 21.9. The van der Waals surface area contributed by atoms with E-state index in [2.05, 4.69) is 5.32 Å². The number of benzene rings is 1. The first kappa shape index (κ1) is 22.1. The molecule has 0 spiro atoms. The average molecular weight is 402 g/mol. The number of carbonyl (C=O) groups excluding carboxylic acids is 2. The molecule has 0 atom stereocenters. The van der Waals surface area contributed by atoms with Crippen LogP contribution in [0.1, 0.15) is 53.0 Å². The Morgan fingerprint density at radius 3 is 1.90 bits per heavy atom. The fourth-order valence-corrected chi connectivity index (χ4v) is 3.24. The van der Waals surface area contributed by atoms with E-state index in [4.69, 9.17) is 9.47 Å². The Morgan fingerprint density at radius 2 is 1.48 bits per heavy atom. The molecule has 0 unspecified atom stereocenters. The smallest absolute Gasteiger partial charge is 0.337 e. The third kappa shape index (κ3) is 5.01. The third-order valence-corrected chi connectivity index (χ3v) is 4.30. The fraction of sp³-hybridized carbons (Fsp3) is 0.429. The summed E-state index contributed by atoms with van der Waals surface area (Å²) in [5.74, 6) is -2.04. The van der Waals surface area contributed by atoms with E-state index in [1.807, 2.05) is 0 Å². The Hall–Kier alpha value is -3.16. The molecule has 0 amide bonds. The van der Waals surface area contributed by atoms with Gasteiger partial charge in [0.1, 0.15) is 0 Å². The van der Waals surface area contributed by atoms with E-state index >= 15 is 0 Å². The van der Waals surface area contributed by atoms with Crippen molar-refractivity contribution in [3.63, 3.8) is 0 Å². The highest BCUT2D eigenvalue weighted by Gasteiger charge is 2.39. The van der Waals surface area contributed by atoms with Gasteiger partial charge in [0.2, 0.25) is 0 Å². The van der Waals surface area contributed by atoms with Gasteiger partial charge in [-0.2, -0.15) is 0 Å². The van der Waals surface area contributed by atoms with Crippen LogP contribution in [0.5, 0.6) is 0 Å². The van der Waals surface area contributed by atoms with Crippen LogP contribution in [0, 0.1) is 10.1 Å². The van der Waals surface area contributed by atoms with Gasteiger partial charge in [-0.1, -0.05) is 12.1 Å². The standard InChI is InChI=1S/C21H26N2O6/c1-11(2)28-20(24)17-13(5)22-14(6)18(21(25)29-12(3)4)19(17)15-8-7-9-16(10-15)23(26)27/h7-12,19,22H,1-6H3. The second kappa shape index (κ2) is 8.89. The number of ether oxygens (including phenoxy) is 2. The first-order valence-electron chi connectivity index (χ1n) is 9.37. The van der Waals surface area contributed by atoms with Crippen LogP contribution < -0.4 is 5.32 Å². The number of esters is 2. The summed E-state index contributed by atoms with van der Waals surface area (Å²) in [6.07, 6.45) is -0.738. The Morgan fingerprint density at radius 1 is 1.00 bits per heavy atom. The maximum absolute atomic E-state index is 12.9. The molecule has 0 saturated heterocycles. The summed E-state index contributed by atoms with van der Waals surface area (Å²) >= 11 is 0. The van der Waals surface area contributed by atoms with Crippen LogP contribution in [-0.2, 0) is 19.1 Å². The summed E-state index contributed by atoms with van der Waals surface area (Å²) in [6, 6.07) is 5.89. The molecule has 1 N–H and O–H groups in total. The quantitative estimate of drug-likeness (QED) is 0.439. The van der Waals surface area contributed by atoms with E-state index in [1.165, 1.54) is 18.2 Å². The summed E-state index contributed by atoms with van der Waals surface area (Å²) in [7, 11) is 0. The summed E-state index contributed by atoms with van der Waals surface area (Å²) in [6.45, 7) is 10.3. The number of hydrogen-bond acceptors (Lipinski definition) is 7. The predicted octanol–water partition coefficient (Wildman–Crippen LogP) is 3.73. The number of dihydropyridines is 1. The molecule has 1 aliphatic heterocycles. The second-order valence-electron chi connectivity index (χ2n) is 7.40. The van der Waals surface area contributed by atoms with Gasteiger partial charge in [-0.3, -0.25) is 10.1 Å². The zero-order valence-electron chi connectivity index (χ0n) is 17.4. The van der Waals surface area contributed by atoms with E-state index in [0.717, 1.165) is 0 Å². The van der Waals surface area contributed by atoms with Gasteiger partial charge in [-0.15, -0.1) is 0 Å². The molecule has 1 heterocycles. The SMILES string of the molecule is CC1=C(C(=O)OC(C)C)C(c2cccc([N+](=O)[O-])c2)C(C(=O)OC(C)C)=C(C)N1. The number of hydrogen-bond donors (Lipinski definition) is 1. The van der Waals surface area contributed by atoms with Crippen LogP contribution in [0.3, 0.4) is 0 Å². The minimum Gasteiger partial charge on any atom is -0.460 e. The van der Waals surface area contributed by atoms with E-state index in [9.17, 15) is 19.7 Å². The van der Waals surface area contributed by atoms with Gasteiger partial charge in [0.15, 0.2) is 0 Å². The van der Waals surface area contributed by atoms with Crippen molar-refractivity contribution in [1.82, 2.24) is 5.32 Å². The van der Waals surface area contributed by atoms with Crippen LogP contribution in [0.25, 0.3) is 0 Å². The van der Waals surface area contributed by atoms with Crippen molar-refractivity contribution in [2.75, 3.05) is 0 Å². The van der Waals surface area contributed by atoms with Crippen LogP contribution in [0.15, 0.2) is 46.8 Å².